The van der Waals surface area contributed by atoms with Gasteiger partial charge >= 0.3 is 5.97 Å². The monoisotopic (exact) mass is 355 g/mol. The number of ether oxygens (including phenoxy) is 1. The molecule has 0 radical (unpaired) electrons. The van der Waals surface area contributed by atoms with Crippen LogP contribution >= 0.6 is 23.2 Å². The molecule has 0 amide bonds. The number of nitrogens with one attached hydrogen (secondary N) is 1. The average Bonchev–Trinajstić information content (AvgIpc) is 2.56. The molecule has 23 heavy (non-hydrogen) atoms. The number of esters is 1. The average molecular weight is 356 g/mol. The molecule has 0 fully saturated rings. The Hall–Kier alpha value is -2.38. The number of carbonyl (C=O) groups excluding carboxylic acids is 1. The molecule has 0 unspecified atom stereocenters. The molecule has 0 aromatic carbocycles. The molecule has 2 aromatic rings. The number of hydrazone groups is 1. The second-order valence-corrected chi connectivity index (χ2v) is 4.73. The Morgan fingerprint density at radius 1 is 1.13 bits per heavy atom. The van der Waals surface area contributed by atoms with Crippen LogP contribution in [0.2, 0.25) is 10.3 Å². The highest BCUT2D eigenvalue weighted by atomic mass is 35.5. The van der Waals surface area contributed by atoms with Gasteiger partial charge in [0.25, 0.3) is 0 Å². The topological polar surface area (TPSA) is 102 Å². The summed E-state index contributed by atoms with van der Waals surface area (Å²) in [6, 6.07) is 6.51. The summed E-state index contributed by atoms with van der Waals surface area (Å²) in [5.41, 5.74) is 9.29. The van der Waals surface area contributed by atoms with Crippen molar-refractivity contribution in [2.24, 2.45) is 10.8 Å². The largest absolute Gasteiger partial charge is 0.465 e. The number of nitrogens with zero attached hydrogens (tertiary/aromatic N) is 3. The van der Waals surface area contributed by atoms with Crippen molar-refractivity contribution in [1.29, 1.82) is 0 Å². The van der Waals surface area contributed by atoms with Gasteiger partial charge in [-0.15, -0.1) is 0 Å². The van der Waals surface area contributed by atoms with Gasteiger partial charge in [-0.2, -0.15) is 5.10 Å². The van der Waals surface area contributed by atoms with Gasteiger partial charge in [0.1, 0.15) is 10.3 Å². The van der Waals surface area contributed by atoms with Crippen molar-refractivity contribution in [2.45, 2.75) is 0 Å². The first-order valence-electron chi connectivity index (χ1n) is 6.29. The number of aromatic nitrogens is 2. The molecular weight excluding hydrogens is 341 g/mol. The van der Waals surface area contributed by atoms with E-state index in [0.29, 0.717) is 21.7 Å². The van der Waals surface area contributed by atoms with Crippen LogP contribution in [-0.2, 0) is 4.74 Å². The molecule has 0 bridgehead atoms. The summed E-state index contributed by atoms with van der Waals surface area (Å²) in [7, 11) is 2.99. The lowest BCUT2D eigenvalue weighted by atomic mass is 10.3. The molecule has 0 aliphatic rings. The van der Waals surface area contributed by atoms with Gasteiger partial charge in [0, 0.05) is 25.0 Å². The summed E-state index contributed by atoms with van der Waals surface area (Å²) in [5.74, 6) is -0.0177. The predicted octanol–water partition coefficient (Wildman–Crippen LogP) is 2.10. The number of pyridine rings is 2. The Kier molecular flexibility index (Phi) is 7.79. The molecule has 0 aliphatic heterocycles. The zero-order chi connectivity index (χ0) is 17.2. The molecule has 2 heterocycles. The van der Waals surface area contributed by atoms with Crippen LogP contribution < -0.4 is 11.2 Å². The molecule has 2 aromatic heterocycles. The van der Waals surface area contributed by atoms with Crippen LogP contribution in [0.5, 0.6) is 0 Å². The fourth-order valence-corrected chi connectivity index (χ4v) is 1.55. The van der Waals surface area contributed by atoms with E-state index in [4.69, 9.17) is 28.9 Å². The van der Waals surface area contributed by atoms with Crippen molar-refractivity contribution in [2.75, 3.05) is 14.2 Å². The van der Waals surface area contributed by atoms with Crippen molar-refractivity contribution < 1.29 is 9.53 Å². The van der Waals surface area contributed by atoms with Gasteiger partial charge in [0.05, 0.1) is 12.7 Å². The van der Waals surface area contributed by atoms with Gasteiger partial charge in [-0.05, 0) is 24.3 Å². The molecule has 0 aliphatic carbocycles. The van der Waals surface area contributed by atoms with Gasteiger partial charge in [-0.1, -0.05) is 23.2 Å². The molecule has 9 heteroatoms. The van der Waals surface area contributed by atoms with Crippen LogP contribution in [0, 0.1) is 0 Å². The van der Waals surface area contributed by atoms with Gasteiger partial charge < -0.3 is 15.9 Å². The minimum atomic E-state index is -0.408. The summed E-state index contributed by atoms with van der Waals surface area (Å²) in [4.78, 5) is 18.4. The lowest BCUT2D eigenvalue weighted by molar-refractivity contribution is 0.0600. The second kappa shape index (κ2) is 9.60. The van der Waals surface area contributed by atoms with Crippen molar-refractivity contribution >= 4 is 35.0 Å². The number of hydrogen-bond acceptors (Lipinski definition) is 6. The Balaban J connectivity index is 0.000000231. The summed E-state index contributed by atoms with van der Waals surface area (Å²) in [6.45, 7) is 0. The van der Waals surface area contributed by atoms with E-state index in [-0.39, 0.29) is 0 Å². The maximum atomic E-state index is 10.8. The third-order valence-electron chi connectivity index (χ3n) is 2.40. The third kappa shape index (κ3) is 6.50. The van der Waals surface area contributed by atoms with E-state index in [1.807, 2.05) is 0 Å². The summed E-state index contributed by atoms with van der Waals surface area (Å²) < 4.78 is 4.45. The standard InChI is InChI=1S/C7H9ClN4.C7H6ClNO2/c1-10-12-7(9)5-2-3-6(8)11-4-5;1-11-7(10)5-2-3-6(8)9-4-5/h2-4,10H,1H3,(H2,9,12);2-4H,1H3. The maximum absolute atomic E-state index is 10.8. The van der Waals surface area contributed by atoms with Crippen LogP contribution in [0.1, 0.15) is 15.9 Å². The van der Waals surface area contributed by atoms with Crippen LogP contribution in [0.4, 0.5) is 0 Å². The van der Waals surface area contributed by atoms with E-state index in [0.717, 1.165) is 5.56 Å². The minimum absolute atomic E-state index is 0.359. The van der Waals surface area contributed by atoms with Crippen molar-refractivity contribution in [1.82, 2.24) is 15.4 Å². The first-order valence-corrected chi connectivity index (χ1v) is 7.05. The van der Waals surface area contributed by atoms with E-state index in [2.05, 4.69) is 25.2 Å². The highest BCUT2D eigenvalue weighted by molar-refractivity contribution is 6.29. The van der Waals surface area contributed by atoms with E-state index in [9.17, 15) is 4.79 Å². The highest BCUT2D eigenvalue weighted by Gasteiger charge is 2.03. The number of carbonyl (C=O) groups is 1. The maximum Gasteiger partial charge on any atom is 0.339 e. The summed E-state index contributed by atoms with van der Waals surface area (Å²) in [6.07, 6.45) is 2.94. The SMILES string of the molecule is CNN=C(N)c1ccc(Cl)nc1.COC(=O)c1ccc(Cl)nc1. The Labute approximate surface area is 143 Å². The molecule has 2 rings (SSSR count). The fourth-order valence-electron chi connectivity index (χ4n) is 1.33. The van der Waals surface area contributed by atoms with Crippen LogP contribution in [-0.4, -0.2) is 35.9 Å². The normalized spacial score (nSPS) is 10.3. The molecular formula is C14H15Cl2N5O2. The number of nitrogens with two attached hydrogens (primary N) is 1. The number of methoxy groups -OCH3 is 1. The molecule has 0 spiro atoms. The fraction of sp³-hybridized carbons (Fsp3) is 0.143. The Morgan fingerprint density at radius 2 is 1.65 bits per heavy atom. The van der Waals surface area contributed by atoms with Gasteiger partial charge in [0.2, 0.25) is 0 Å². The molecule has 122 valence electrons. The Morgan fingerprint density at radius 3 is 2.04 bits per heavy atom. The van der Waals surface area contributed by atoms with Crippen molar-refractivity contribution in [3.63, 3.8) is 0 Å². The third-order valence-corrected chi connectivity index (χ3v) is 2.85. The first kappa shape index (κ1) is 18.7. The number of halogens is 2. The van der Waals surface area contributed by atoms with Gasteiger partial charge in [-0.25, -0.2) is 14.8 Å². The smallest absolute Gasteiger partial charge is 0.339 e. The van der Waals surface area contributed by atoms with Crippen LogP contribution in [0.3, 0.4) is 0 Å². The lowest BCUT2D eigenvalue weighted by Gasteiger charge is -1.98. The minimum Gasteiger partial charge on any atom is -0.465 e. The zero-order valence-corrected chi connectivity index (χ0v) is 14.0. The molecule has 7 nitrogen and oxygen atoms in total. The molecule has 0 saturated heterocycles. The predicted molar refractivity (Wildman–Crippen MR) is 89.6 cm³/mol. The molecule has 0 atom stereocenters. The summed E-state index contributed by atoms with van der Waals surface area (Å²) in [5, 5.41) is 4.59. The van der Waals surface area contributed by atoms with Gasteiger partial charge in [-0.3, -0.25) is 0 Å². The number of hydrogen-bond donors (Lipinski definition) is 2. The highest BCUT2D eigenvalue weighted by Crippen LogP contribution is 2.05. The van der Waals surface area contributed by atoms with E-state index < -0.39 is 5.97 Å². The van der Waals surface area contributed by atoms with Crippen LogP contribution in [0.15, 0.2) is 41.8 Å². The van der Waals surface area contributed by atoms with Crippen LogP contribution in [0.25, 0.3) is 0 Å². The number of amidine groups is 1. The lowest BCUT2D eigenvalue weighted by Crippen LogP contribution is -2.17. The van der Waals surface area contributed by atoms with E-state index >= 15 is 0 Å². The number of rotatable bonds is 3. The zero-order valence-electron chi connectivity index (χ0n) is 12.5. The quantitative estimate of drug-likeness (QED) is 0.287. The van der Waals surface area contributed by atoms with E-state index in [1.165, 1.54) is 19.4 Å². The molecule has 0 saturated carbocycles. The molecule has 3 N–H and O–H groups in total. The summed E-state index contributed by atoms with van der Waals surface area (Å²) >= 11 is 11.1. The second-order valence-electron chi connectivity index (χ2n) is 3.95. The Bertz CT molecular complexity index is 660. The first-order chi connectivity index (χ1) is 11.0. The van der Waals surface area contributed by atoms with Crippen molar-refractivity contribution in [3.05, 3.63) is 58.1 Å². The van der Waals surface area contributed by atoms with Crippen molar-refractivity contribution in [3.8, 4) is 0 Å². The van der Waals surface area contributed by atoms with E-state index in [1.54, 1.807) is 31.4 Å². The van der Waals surface area contributed by atoms with Gasteiger partial charge in [0.15, 0.2) is 5.84 Å².